The number of hydrogen-bond acceptors (Lipinski definition) is 5. The number of hydrogen-bond donors (Lipinski definition) is 2. The number of rotatable bonds is 6. The number of carbonyl (C=O) groups excluding carboxylic acids is 1. The van der Waals surface area contributed by atoms with Crippen LogP contribution in [0.15, 0.2) is 47.4 Å². The highest BCUT2D eigenvalue weighted by atomic mass is 32.2. The molecule has 0 atom stereocenters. The van der Waals surface area contributed by atoms with Crippen molar-refractivity contribution in [2.45, 2.75) is 32.1 Å². The van der Waals surface area contributed by atoms with Gasteiger partial charge in [0.05, 0.1) is 16.3 Å². The summed E-state index contributed by atoms with van der Waals surface area (Å²) in [5.41, 5.74) is 4.69. The average Bonchev–Trinajstić information content (AvgIpc) is 3.03. The molecule has 0 aliphatic rings. The van der Waals surface area contributed by atoms with E-state index in [-0.39, 0.29) is 16.5 Å². The van der Waals surface area contributed by atoms with Crippen molar-refractivity contribution in [2.75, 3.05) is 6.54 Å². The van der Waals surface area contributed by atoms with E-state index in [0.29, 0.717) is 18.7 Å². The van der Waals surface area contributed by atoms with Gasteiger partial charge in [0.25, 0.3) is 5.91 Å². The SMILES string of the molecule is Cc1ccc(-n2nc(C)c(C(=O)NCCc3ccc(S(N)(=O)=O)cc3)n2)c(C)c1. The van der Waals surface area contributed by atoms with E-state index in [4.69, 9.17) is 5.14 Å². The molecule has 3 N–H and O–H groups in total. The maximum Gasteiger partial charge on any atom is 0.273 e. The molecule has 0 radical (unpaired) electrons. The molecule has 0 bridgehead atoms. The third-order valence-electron chi connectivity index (χ3n) is 4.52. The number of primary sulfonamides is 1. The Labute approximate surface area is 169 Å². The second kappa shape index (κ2) is 8.14. The molecule has 8 nitrogen and oxygen atoms in total. The van der Waals surface area contributed by atoms with Crippen LogP contribution in [0.4, 0.5) is 0 Å². The smallest absolute Gasteiger partial charge is 0.273 e. The fourth-order valence-electron chi connectivity index (χ4n) is 2.98. The van der Waals surface area contributed by atoms with E-state index >= 15 is 0 Å². The highest BCUT2D eigenvalue weighted by Crippen LogP contribution is 2.15. The maximum absolute atomic E-state index is 12.5. The number of carbonyl (C=O) groups is 1. The zero-order valence-electron chi connectivity index (χ0n) is 16.5. The van der Waals surface area contributed by atoms with E-state index < -0.39 is 10.0 Å². The van der Waals surface area contributed by atoms with Gasteiger partial charge in [-0.3, -0.25) is 4.79 Å². The molecule has 0 spiro atoms. The molecular formula is C20H23N5O3S. The van der Waals surface area contributed by atoms with Gasteiger partial charge in [-0.15, -0.1) is 5.10 Å². The number of aromatic nitrogens is 3. The zero-order chi connectivity index (χ0) is 21.2. The number of benzene rings is 2. The molecule has 0 unspecified atom stereocenters. The Morgan fingerprint density at radius 2 is 1.76 bits per heavy atom. The van der Waals surface area contributed by atoms with E-state index in [2.05, 4.69) is 15.5 Å². The van der Waals surface area contributed by atoms with Gasteiger partial charge in [-0.05, 0) is 56.5 Å². The lowest BCUT2D eigenvalue weighted by atomic mass is 10.1. The number of amides is 1. The summed E-state index contributed by atoms with van der Waals surface area (Å²) in [7, 11) is -3.71. The molecule has 0 fully saturated rings. The van der Waals surface area contributed by atoms with Crippen LogP contribution in [-0.2, 0) is 16.4 Å². The molecule has 0 aliphatic carbocycles. The topological polar surface area (TPSA) is 120 Å². The number of nitrogens with one attached hydrogen (secondary N) is 1. The second-order valence-electron chi connectivity index (χ2n) is 6.91. The van der Waals surface area contributed by atoms with E-state index in [9.17, 15) is 13.2 Å². The molecule has 9 heteroatoms. The number of sulfonamides is 1. The summed E-state index contributed by atoms with van der Waals surface area (Å²) >= 11 is 0. The van der Waals surface area contributed by atoms with Gasteiger partial charge in [0.2, 0.25) is 10.0 Å². The Hall–Kier alpha value is -3.04. The monoisotopic (exact) mass is 413 g/mol. The summed E-state index contributed by atoms with van der Waals surface area (Å²) in [6, 6.07) is 12.2. The van der Waals surface area contributed by atoms with Crippen LogP contribution in [-0.4, -0.2) is 35.9 Å². The van der Waals surface area contributed by atoms with Gasteiger partial charge in [-0.2, -0.15) is 9.90 Å². The molecule has 0 saturated carbocycles. The van der Waals surface area contributed by atoms with Crippen molar-refractivity contribution < 1.29 is 13.2 Å². The minimum atomic E-state index is -3.71. The van der Waals surface area contributed by atoms with Crippen molar-refractivity contribution in [3.8, 4) is 5.69 Å². The first-order valence-corrected chi connectivity index (χ1v) is 10.6. The predicted octanol–water partition coefficient (Wildman–Crippen LogP) is 1.81. The largest absolute Gasteiger partial charge is 0.350 e. The summed E-state index contributed by atoms with van der Waals surface area (Å²) in [6.45, 7) is 6.11. The molecule has 152 valence electrons. The van der Waals surface area contributed by atoms with Gasteiger partial charge >= 0.3 is 0 Å². The lowest BCUT2D eigenvalue weighted by molar-refractivity contribution is 0.0948. The number of nitrogens with zero attached hydrogens (tertiary/aromatic N) is 3. The molecule has 2 aromatic carbocycles. The van der Waals surface area contributed by atoms with Crippen molar-refractivity contribution >= 4 is 15.9 Å². The number of aryl methyl sites for hydroxylation is 3. The predicted molar refractivity (Wildman–Crippen MR) is 109 cm³/mol. The minimum absolute atomic E-state index is 0.0592. The van der Waals surface area contributed by atoms with E-state index in [1.165, 1.54) is 16.9 Å². The van der Waals surface area contributed by atoms with Crippen LogP contribution in [0.2, 0.25) is 0 Å². The quantitative estimate of drug-likeness (QED) is 0.639. The van der Waals surface area contributed by atoms with E-state index in [1.807, 2.05) is 32.0 Å². The Morgan fingerprint density at radius 3 is 2.38 bits per heavy atom. The maximum atomic E-state index is 12.5. The number of nitrogens with two attached hydrogens (primary N) is 1. The lowest BCUT2D eigenvalue weighted by Crippen LogP contribution is -2.26. The molecule has 29 heavy (non-hydrogen) atoms. The van der Waals surface area contributed by atoms with Crippen LogP contribution in [0.25, 0.3) is 5.69 Å². The lowest BCUT2D eigenvalue weighted by Gasteiger charge is -2.06. The van der Waals surface area contributed by atoms with Gasteiger partial charge in [0, 0.05) is 6.54 Å². The van der Waals surface area contributed by atoms with E-state index in [0.717, 1.165) is 22.4 Å². The van der Waals surface area contributed by atoms with Gasteiger partial charge < -0.3 is 5.32 Å². The van der Waals surface area contributed by atoms with Crippen molar-refractivity contribution in [1.29, 1.82) is 0 Å². The first-order chi connectivity index (χ1) is 13.6. The van der Waals surface area contributed by atoms with Crippen molar-refractivity contribution in [2.24, 2.45) is 5.14 Å². The summed E-state index contributed by atoms with van der Waals surface area (Å²) in [4.78, 5) is 14.0. The van der Waals surface area contributed by atoms with Gasteiger partial charge in [-0.1, -0.05) is 29.8 Å². The Balaban J connectivity index is 1.65. The van der Waals surface area contributed by atoms with Crippen LogP contribution < -0.4 is 10.5 Å². The zero-order valence-corrected chi connectivity index (χ0v) is 17.3. The summed E-state index contributed by atoms with van der Waals surface area (Å²) in [5, 5.41) is 16.6. The van der Waals surface area contributed by atoms with Crippen LogP contribution in [0, 0.1) is 20.8 Å². The molecular weight excluding hydrogens is 390 g/mol. The first kappa shape index (κ1) is 20.7. The second-order valence-corrected chi connectivity index (χ2v) is 8.47. The van der Waals surface area contributed by atoms with Crippen LogP contribution in [0.3, 0.4) is 0 Å². The Morgan fingerprint density at radius 1 is 1.07 bits per heavy atom. The standard InChI is InChI=1S/C20H23N5O3S/c1-13-4-9-18(14(2)12-13)25-23-15(3)19(24-25)20(26)22-11-10-16-5-7-17(8-6-16)29(21,27)28/h4-9,12H,10-11H2,1-3H3,(H,22,26)(H2,21,27,28). The van der Waals surface area contributed by atoms with Crippen LogP contribution >= 0.6 is 0 Å². The highest BCUT2D eigenvalue weighted by Gasteiger charge is 2.17. The Kier molecular flexibility index (Phi) is 5.81. The summed E-state index contributed by atoms with van der Waals surface area (Å²) in [5.74, 6) is -0.306. The third-order valence-corrected chi connectivity index (χ3v) is 5.45. The fourth-order valence-corrected chi connectivity index (χ4v) is 3.49. The van der Waals surface area contributed by atoms with Crippen molar-refractivity contribution in [1.82, 2.24) is 20.3 Å². The molecule has 1 heterocycles. The van der Waals surface area contributed by atoms with Crippen LogP contribution in [0.5, 0.6) is 0 Å². The van der Waals surface area contributed by atoms with E-state index in [1.54, 1.807) is 19.1 Å². The van der Waals surface area contributed by atoms with Crippen molar-refractivity contribution in [3.05, 3.63) is 70.5 Å². The Bertz CT molecular complexity index is 1150. The third kappa shape index (κ3) is 4.87. The fraction of sp³-hybridized carbons (Fsp3) is 0.250. The summed E-state index contributed by atoms with van der Waals surface area (Å²) < 4.78 is 22.6. The first-order valence-electron chi connectivity index (χ1n) is 9.06. The molecule has 1 amide bonds. The van der Waals surface area contributed by atoms with Gasteiger partial charge in [-0.25, -0.2) is 13.6 Å². The van der Waals surface area contributed by atoms with Crippen LogP contribution in [0.1, 0.15) is 32.9 Å². The molecule has 0 saturated heterocycles. The molecule has 3 aromatic rings. The molecule has 1 aromatic heterocycles. The van der Waals surface area contributed by atoms with Gasteiger partial charge in [0.1, 0.15) is 0 Å². The normalized spacial score (nSPS) is 11.4. The molecule has 3 rings (SSSR count). The minimum Gasteiger partial charge on any atom is -0.350 e. The summed E-state index contributed by atoms with van der Waals surface area (Å²) in [6.07, 6.45) is 0.543. The highest BCUT2D eigenvalue weighted by molar-refractivity contribution is 7.89. The van der Waals surface area contributed by atoms with Crippen molar-refractivity contribution in [3.63, 3.8) is 0 Å². The van der Waals surface area contributed by atoms with Gasteiger partial charge in [0.15, 0.2) is 5.69 Å². The molecule has 0 aliphatic heterocycles. The average molecular weight is 414 g/mol.